The van der Waals surface area contributed by atoms with Crippen molar-refractivity contribution < 1.29 is 35.9 Å². The van der Waals surface area contributed by atoms with Crippen molar-refractivity contribution in [3.05, 3.63) is 63.7 Å². The van der Waals surface area contributed by atoms with E-state index >= 15 is 0 Å². The normalized spacial score (nSPS) is 17.3. The highest BCUT2D eigenvalue weighted by molar-refractivity contribution is 6.31. The minimum atomic E-state index is -5.08. The topological polar surface area (TPSA) is 83.1 Å². The molecule has 1 unspecified atom stereocenters. The largest absolute Gasteiger partial charge is 0.436 e. The zero-order chi connectivity index (χ0) is 22.2. The van der Waals surface area contributed by atoms with Gasteiger partial charge in [0.15, 0.2) is 11.5 Å². The number of hydrogen-bond acceptors (Lipinski definition) is 3. The Morgan fingerprint density at radius 1 is 1.23 bits per heavy atom. The van der Waals surface area contributed by atoms with E-state index in [-0.39, 0.29) is 12.1 Å². The van der Waals surface area contributed by atoms with Crippen molar-refractivity contribution in [2.45, 2.75) is 18.3 Å². The number of carbonyl (C=O) groups is 2. The van der Waals surface area contributed by atoms with E-state index in [1.165, 1.54) is 0 Å². The van der Waals surface area contributed by atoms with Gasteiger partial charge in [-0.25, -0.2) is 22.9 Å². The second-order valence-corrected chi connectivity index (χ2v) is 6.59. The fourth-order valence-electron chi connectivity index (χ4n) is 2.78. The third-order valence-corrected chi connectivity index (χ3v) is 4.56. The summed E-state index contributed by atoms with van der Waals surface area (Å²) in [5.74, 6) is -5.05. The maximum absolute atomic E-state index is 14.6. The van der Waals surface area contributed by atoms with Crippen molar-refractivity contribution in [1.82, 2.24) is 20.9 Å². The van der Waals surface area contributed by atoms with E-state index in [1.54, 1.807) is 0 Å². The standard InChI is InChI=1S/C17H11ClF6N4O2/c18-11-8(19)2-1-7(12(11)21)13(28-15(29)10-5-26-16(30)27-10)6-3-9(20)14(25-4-6)17(22,23)24/h1-4,10,13H,5H2,(H,28,29)(H2,26,27,30)/t10-,13?/m0/s1. The molecule has 30 heavy (non-hydrogen) atoms. The Kier molecular flexibility index (Phi) is 5.79. The van der Waals surface area contributed by atoms with Crippen molar-refractivity contribution in [2.24, 2.45) is 0 Å². The van der Waals surface area contributed by atoms with Crippen LogP contribution in [0.15, 0.2) is 24.4 Å². The van der Waals surface area contributed by atoms with Crippen molar-refractivity contribution in [3.63, 3.8) is 0 Å². The zero-order valence-electron chi connectivity index (χ0n) is 14.6. The summed E-state index contributed by atoms with van der Waals surface area (Å²) in [7, 11) is 0. The number of halogens is 7. The average Bonchev–Trinajstić information content (AvgIpc) is 3.10. The van der Waals surface area contributed by atoms with Gasteiger partial charge in [0.2, 0.25) is 5.91 Å². The van der Waals surface area contributed by atoms with Crippen molar-refractivity contribution in [2.75, 3.05) is 6.54 Å². The molecule has 0 spiro atoms. The molecule has 0 bridgehead atoms. The number of nitrogens with one attached hydrogen (secondary N) is 3. The molecule has 1 aromatic heterocycles. The SMILES string of the molecule is O=C1NC[C@@H](C(=O)NC(c2cnc(C(F)(F)F)c(F)c2)c2ccc(F)c(Cl)c2F)N1. The van der Waals surface area contributed by atoms with E-state index in [4.69, 9.17) is 11.6 Å². The summed E-state index contributed by atoms with van der Waals surface area (Å²) in [4.78, 5) is 26.7. The van der Waals surface area contributed by atoms with E-state index in [1.807, 2.05) is 0 Å². The molecule has 3 amide bonds. The van der Waals surface area contributed by atoms with E-state index in [0.717, 1.165) is 12.1 Å². The second-order valence-electron chi connectivity index (χ2n) is 6.21. The van der Waals surface area contributed by atoms with Crippen LogP contribution in [0.3, 0.4) is 0 Å². The first-order valence-electron chi connectivity index (χ1n) is 8.19. The molecule has 0 aliphatic carbocycles. The van der Waals surface area contributed by atoms with Crippen LogP contribution in [0.5, 0.6) is 0 Å². The van der Waals surface area contributed by atoms with Gasteiger partial charge in [0, 0.05) is 23.9 Å². The predicted octanol–water partition coefficient (Wildman–Crippen LogP) is 3.06. The summed E-state index contributed by atoms with van der Waals surface area (Å²) < 4.78 is 80.4. The maximum atomic E-state index is 14.6. The van der Waals surface area contributed by atoms with Gasteiger partial charge in [-0.2, -0.15) is 13.2 Å². The fraction of sp³-hybridized carbons (Fsp3) is 0.235. The first-order valence-corrected chi connectivity index (χ1v) is 8.57. The number of rotatable bonds is 4. The molecule has 0 radical (unpaired) electrons. The van der Waals surface area contributed by atoms with Crippen molar-refractivity contribution in [3.8, 4) is 0 Å². The molecular weight excluding hydrogens is 442 g/mol. The van der Waals surface area contributed by atoms with E-state index < -0.39 is 63.9 Å². The highest BCUT2D eigenvalue weighted by Crippen LogP contribution is 2.33. The molecule has 3 rings (SSSR count). The van der Waals surface area contributed by atoms with E-state index in [9.17, 15) is 35.9 Å². The van der Waals surface area contributed by atoms with Gasteiger partial charge in [-0.15, -0.1) is 0 Å². The van der Waals surface area contributed by atoms with Crippen LogP contribution < -0.4 is 16.0 Å². The number of amides is 3. The van der Waals surface area contributed by atoms with Crippen LogP contribution in [0, 0.1) is 17.5 Å². The summed E-state index contributed by atoms with van der Waals surface area (Å²) in [6.45, 7) is -0.121. The van der Waals surface area contributed by atoms with Crippen LogP contribution in [-0.4, -0.2) is 29.5 Å². The molecule has 0 saturated carbocycles. The second kappa shape index (κ2) is 8.01. The minimum Gasteiger partial charge on any atom is -0.343 e. The van der Waals surface area contributed by atoms with Crippen LogP contribution in [0.4, 0.5) is 31.1 Å². The summed E-state index contributed by atoms with van der Waals surface area (Å²) in [5.41, 5.74) is -2.62. The van der Waals surface area contributed by atoms with Crippen LogP contribution in [0.25, 0.3) is 0 Å². The third kappa shape index (κ3) is 4.27. The Labute approximate surface area is 169 Å². The highest BCUT2D eigenvalue weighted by Gasteiger charge is 2.37. The molecule has 1 aliphatic heterocycles. The monoisotopic (exact) mass is 452 g/mol. The Bertz CT molecular complexity index is 1020. The quantitative estimate of drug-likeness (QED) is 0.492. The zero-order valence-corrected chi connectivity index (χ0v) is 15.3. The minimum absolute atomic E-state index is 0.121. The first kappa shape index (κ1) is 21.7. The van der Waals surface area contributed by atoms with Gasteiger partial charge in [-0.05, 0) is 12.1 Å². The lowest BCUT2D eigenvalue weighted by Crippen LogP contribution is -2.44. The van der Waals surface area contributed by atoms with Gasteiger partial charge in [-0.1, -0.05) is 17.7 Å². The van der Waals surface area contributed by atoms with Crippen molar-refractivity contribution in [1.29, 1.82) is 0 Å². The number of pyridine rings is 1. The highest BCUT2D eigenvalue weighted by atomic mass is 35.5. The number of benzene rings is 1. The summed E-state index contributed by atoms with van der Waals surface area (Å²) >= 11 is 5.55. The molecule has 13 heteroatoms. The number of aromatic nitrogens is 1. The smallest absolute Gasteiger partial charge is 0.343 e. The Morgan fingerprint density at radius 2 is 1.93 bits per heavy atom. The number of carbonyl (C=O) groups excluding carboxylic acids is 2. The van der Waals surface area contributed by atoms with Gasteiger partial charge >= 0.3 is 12.2 Å². The summed E-state index contributed by atoms with van der Waals surface area (Å²) in [5, 5.41) is 5.92. The molecule has 160 valence electrons. The molecule has 2 heterocycles. The Hall–Kier alpha value is -3.02. The van der Waals surface area contributed by atoms with E-state index in [2.05, 4.69) is 20.9 Å². The van der Waals surface area contributed by atoms with Gasteiger partial charge < -0.3 is 16.0 Å². The molecule has 1 saturated heterocycles. The number of alkyl halides is 3. The molecule has 1 aliphatic rings. The lowest BCUT2D eigenvalue weighted by molar-refractivity contribution is -0.143. The predicted molar refractivity (Wildman–Crippen MR) is 90.9 cm³/mol. The molecular formula is C17H11ClF6N4O2. The maximum Gasteiger partial charge on any atom is 0.436 e. The number of nitrogens with zero attached hydrogens (tertiary/aromatic N) is 1. The molecule has 1 fully saturated rings. The molecule has 1 aromatic carbocycles. The summed E-state index contributed by atoms with van der Waals surface area (Å²) in [6.07, 6.45) is -4.48. The average molecular weight is 453 g/mol. The molecule has 6 nitrogen and oxygen atoms in total. The van der Waals surface area contributed by atoms with Crippen LogP contribution in [0.2, 0.25) is 5.02 Å². The molecule has 2 atom stereocenters. The van der Waals surface area contributed by atoms with Crippen molar-refractivity contribution >= 4 is 23.5 Å². The lowest BCUT2D eigenvalue weighted by Gasteiger charge is -2.23. The fourth-order valence-corrected chi connectivity index (χ4v) is 2.95. The van der Waals surface area contributed by atoms with Crippen LogP contribution in [0.1, 0.15) is 22.9 Å². The van der Waals surface area contributed by atoms with E-state index in [0.29, 0.717) is 12.3 Å². The molecule has 2 aromatic rings. The number of urea groups is 1. The van der Waals surface area contributed by atoms with Gasteiger partial charge in [0.1, 0.15) is 22.7 Å². The molecule has 3 N–H and O–H groups in total. The van der Waals surface area contributed by atoms with Crippen LogP contribution >= 0.6 is 11.6 Å². The Balaban J connectivity index is 2.04. The number of hydrogen-bond donors (Lipinski definition) is 3. The van der Waals surface area contributed by atoms with Gasteiger partial charge in [0.25, 0.3) is 0 Å². The first-order chi connectivity index (χ1) is 14.0. The third-order valence-electron chi connectivity index (χ3n) is 4.22. The summed E-state index contributed by atoms with van der Waals surface area (Å²) in [6, 6.07) is -1.24. The van der Waals surface area contributed by atoms with Crippen LogP contribution in [-0.2, 0) is 11.0 Å². The lowest BCUT2D eigenvalue weighted by atomic mass is 9.98. The Morgan fingerprint density at radius 3 is 2.50 bits per heavy atom. The van der Waals surface area contributed by atoms with Gasteiger partial charge in [0.05, 0.1) is 6.04 Å². The van der Waals surface area contributed by atoms with Gasteiger partial charge in [-0.3, -0.25) is 4.79 Å².